The molecule has 0 bridgehead atoms. The molecule has 2 heterocycles. The fourth-order valence-corrected chi connectivity index (χ4v) is 2.42. The van der Waals surface area contributed by atoms with Crippen LogP contribution in [0.3, 0.4) is 0 Å². The van der Waals surface area contributed by atoms with Gasteiger partial charge in [-0.3, -0.25) is 14.2 Å². The van der Waals surface area contributed by atoms with E-state index >= 15 is 0 Å². The number of nitrogens with zero attached hydrogens (tertiary/aromatic N) is 5. The van der Waals surface area contributed by atoms with Crippen molar-refractivity contribution in [1.82, 2.24) is 24.5 Å². The number of hydrogen-bond acceptors (Lipinski definition) is 3. The van der Waals surface area contributed by atoms with Gasteiger partial charge in [-0.25, -0.2) is 0 Å². The van der Waals surface area contributed by atoms with Gasteiger partial charge in [0, 0.05) is 26.2 Å². The fraction of sp³-hybridized carbons (Fsp3) is 0.533. The zero-order valence-electron chi connectivity index (χ0n) is 13.5. The van der Waals surface area contributed by atoms with Gasteiger partial charge in [0.15, 0.2) is 0 Å². The molecule has 0 saturated heterocycles. The Kier molecular flexibility index (Phi) is 5.24. The molecule has 0 fully saturated rings. The Morgan fingerprint density at radius 3 is 2.64 bits per heavy atom. The average molecular weight is 324 g/mol. The first-order chi connectivity index (χ1) is 10.4. The van der Waals surface area contributed by atoms with Crippen molar-refractivity contribution in [3.05, 3.63) is 34.4 Å². The minimum atomic E-state index is 0.0646. The first-order valence-electron chi connectivity index (χ1n) is 7.38. The van der Waals surface area contributed by atoms with Crippen LogP contribution in [0, 0.1) is 13.8 Å². The van der Waals surface area contributed by atoms with E-state index in [1.165, 1.54) is 0 Å². The Bertz CT molecular complexity index is 661. The first kappa shape index (κ1) is 16.5. The second-order valence-electron chi connectivity index (χ2n) is 5.37. The van der Waals surface area contributed by atoms with E-state index in [0.29, 0.717) is 24.5 Å². The van der Waals surface area contributed by atoms with Gasteiger partial charge in [-0.05, 0) is 26.8 Å². The van der Waals surface area contributed by atoms with Gasteiger partial charge in [-0.2, -0.15) is 10.2 Å². The minimum absolute atomic E-state index is 0.0646. The molecule has 2 aromatic heterocycles. The van der Waals surface area contributed by atoms with Gasteiger partial charge in [-0.1, -0.05) is 11.6 Å². The van der Waals surface area contributed by atoms with E-state index in [1.807, 2.05) is 37.7 Å². The summed E-state index contributed by atoms with van der Waals surface area (Å²) in [6, 6.07) is 1.94. The van der Waals surface area contributed by atoms with Crippen LogP contribution in [0.4, 0.5) is 0 Å². The summed E-state index contributed by atoms with van der Waals surface area (Å²) in [6.07, 6.45) is 2.31. The Morgan fingerprint density at radius 2 is 2.09 bits per heavy atom. The molecule has 0 saturated carbocycles. The van der Waals surface area contributed by atoms with E-state index in [2.05, 4.69) is 10.2 Å². The van der Waals surface area contributed by atoms with Crippen LogP contribution in [0.1, 0.15) is 30.4 Å². The summed E-state index contributed by atoms with van der Waals surface area (Å²) in [5, 5.41) is 9.40. The van der Waals surface area contributed by atoms with Crippen LogP contribution in [-0.4, -0.2) is 37.4 Å². The molecule has 6 nitrogen and oxygen atoms in total. The van der Waals surface area contributed by atoms with Crippen LogP contribution >= 0.6 is 11.6 Å². The van der Waals surface area contributed by atoms with E-state index in [1.54, 1.807) is 16.6 Å². The van der Waals surface area contributed by atoms with E-state index in [-0.39, 0.29) is 5.91 Å². The Morgan fingerprint density at radius 1 is 1.36 bits per heavy atom. The molecular weight excluding hydrogens is 302 g/mol. The lowest BCUT2D eigenvalue weighted by atomic mass is 10.3. The maximum absolute atomic E-state index is 12.2. The Labute approximate surface area is 135 Å². The highest BCUT2D eigenvalue weighted by Gasteiger charge is 2.14. The van der Waals surface area contributed by atoms with Crippen molar-refractivity contribution < 1.29 is 4.79 Å². The number of hydrogen-bond donors (Lipinski definition) is 0. The van der Waals surface area contributed by atoms with Crippen molar-refractivity contribution in [3.63, 3.8) is 0 Å². The molecule has 0 aromatic carbocycles. The van der Waals surface area contributed by atoms with Crippen molar-refractivity contribution in [2.45, 2.75) is 46.8 Å². The molecule has 0 aliphatic rings. The van der Waals surface area contributed by atoms with Gasteiger partial charge >= 0.3 is 0 Å². The summed E-state index contributed by atoms with van der Waals surface area (Å²) < 4.78 is 3.64. The highest BCUT2D eigenvalue weighted by molar-refractivity contribution is 6.31. The van der Waals surface area contributed by atoms with Crippen LogP contribution in [-0.2, 0) is 24.4 Å². The lowest BCUT2D eigenvalue weighted by Crippen LogP contribution is -2.27. The number of rotatable bonds is 6. The van der Waals surface area contributed by atoms with Crippen LogP contribution in [0.25, 0.3) is 0 Å². The second kappa shape index (κ2) is 6.96. The summed E-state index contributed by atoms with van der Waals surface area (Å²) in [6.45, 7) is 7.69. The number of aromatic nitrogens is 4. The van der Waals surface area contributed by atoms with E-state index in [0.717, 1.165) is 23.6 Å². The number of carbonyl (C=O) groups is 1. The standard InChI is InChI=1S/C15H22ClN5O/c1-5-20-8-6-13(18-20)10-19(4)14(22)7-9-21-12(3)15(16)11(2)17-21/h6,8H,5,7,9-10H2,1-4H3. The molecule has 120 valence electrons. The molecule has 2 rings (SSSR count). The largest absolute Gasteiger partial charge is 0.340 e. The molecule has 22 heavy (non-hydrogen) atoms. The number of amides is 1. The molecule has 1 amide bonds. The van der Waals surface area contributed by atoms with E-state index in [4.69, 9.17) is 11.6 Å². The number of aryl methyl sites for hydroxylation is 3. The van der Waals surface area contributed by atoms with Crippen molar-refractivity contribution in [2.24, 2.45) is 0 Å². The Balaban J connectivity index is 1.89. The molecule has 0 spiro atoms. The van der Waals surface area contributed by atoms with Crippen LogP contribution in [0.2, 0.25) is 5.02 Å². The van der Waals surface area contributed by atoms with Crippen molar-refractivity contribution in [2.75, 3.05) is 7.05 Å². The quantitative estimate of drug-likeness (QED) is 0.820. The highest BCUT2D eigenvalue weighted by Crippen LogP contribution is 2.19. The zero-order valence-corrected chi connectivity index (χ0v) is 14.3. The van der Waals surface area contributed by atoms with E-state index < -0.39 is 0 Å². The lowest BCUT2D eigenvalue weighted by molar-refractivity contribution is -0.130. The highest BCUT2D eigenvalue weighted by atomic mass is 35.5. The fourth-order valence-electron chi connectivity index (χ4n) is 2.28. The Hall–Kier alpha value is -1.82. The van der Waals surface area contributed by atoms with Crippen LogP contribution in [0.5, 0.6) is 0 Å². The lowest BCUT2D eigenvalue weighted by Gasteiger charge is -2.16. The number of halogens is 1. The first-order valence-corrected chi connectivity index (χ1v) is 7.76. The summed E-state index contributed by atoms with van der Waals surface area (Å²) >= 11 is 6.11. The predicted molar refractivity (Wildman–Crippen MR) is 85.7 cm³/mol. The molecule has 7 heteroatoms. The van der Waals surface area contributed by atoms with Gasteiger partial charge in [0.1, 0.15) is 0 Å². The summed E-state index contributed by atoms with van der Waals surface area (Å²) in [5.74, 6) is 0.0646. The third kappa shape index (κ3) is 3.68. The second-order valence-corrected chi connectivity index (χ2v) is 5.75. The summed E-state index contributed by atoms with van der Waals surface area (Å²) in [4.78, 5) is 13.9. The van der Waals surface area contributed by atoms with Crippen molar-refractivity contribution in [3.8, 4) is 0 Å². The maximum atomic E-state index is 12.2. The average Bonchev–Trinajstić information content (AvgIpc) is 3.05. The van der Waals surface area contributed by atoms with Gasteiger partial charge < -0.3 is 4.90 Å². The molecule has 0 aliphatic heterocycles. The van der Waals surface area contributed by atoms with Crippen molar-refractivity contribution >= 4 is 17.5 Å². The smallest absolute Gasteiger partial charge is 0.224 e. The van der Waals surface area contributed by atoms with E-state index in [9.17, 15) is 4.79 Å². The minimum Gasteiger partial charge on any atom is -0.340 e. The third-order valence-corrected chi connectivity index (χ3v) is 4.22. The molecule has 0 radical (unpaired) electrons. The van der Waals surface area contributed by atoms with Gasteiger partial charge in [0.25, 0.3) is 0 Å². The molecule has 0 atom stereocenters. The van der Waals surface area contributed by atoms with Crippen molar-refractivity contribution in [1.29, 1.82) is 0 Å². The topological polar surface area (TPSA) is 56.0 Å². The van der Waals surface area contributed by atoms with Crippen LogP contribution in [0.15, 0.2) is 12.3 Å². The van der Waals surface area contributed by atoms with Gasteiger partial charge in [0.05, 0.1) is 35.2 Å². The summed E-state index contributed by atoms with van der Waals surface area (Å²) in [7, 11) is 1.79. The molecule has 0 aliphatic carbocycles. The monoisotopic (exact) mass is 323 g/mol. The molecular formula is C15H22ClN5O. The van der Waals surface area contributed by atoms with Gasteiger partial charge in [0.2, 0.25) is 5.91 Å². The number of carbonyl (C=O) groups excluding carboxylic acids is 1. The van der Waals surface area contributed by atoms with Gasteiger partial charge in [-0.15, -0.1) is 0 Å². The maximum Gasteiger partial charge on any atom is 0.224 e. The zero-order chi connectivity index (χ0) is 16.3. The molecule has 0 unspecified atom stereocenters. The SMILES string of the molecule is CCn1ccc(CN(C)C(=O)CCn2nc(C)c(Cl)c2C)n1. The predicted octanol–water partition coefficient (Wildman–Crippen LogP) is 2.42. The summed E-state index contributed by atoms with van der Waals surface area (Å²) in [5.41, 5.74) is 2.59. The molecule has 0 N–H and O–H groups in total. The van der Waals surface area contributed by atoms with Crippen LogP contribution < -0.4 is 0 Å². The normalized spacial score (nSPS) is 11.0. The molecule has 2 aromatic rings. The third-order valence-electron chi connectivity index (χ3n) is 3.68.